The maximum absolute atomic E-state index is 6.18. The topological polar surface area (TPSA) is 29.3 Å². The van der Waals surface area contributed by atoms with Crippen molar-refractivity contribution in [3.8, 4) is 0 Å². The van der Waals surface area contributed by atoms with E-state index in [1.807, 2.05) is 0 Å². The van der Waals surface area contributed by atoms with Crippen molar-refractivity contribution in [1.29, 1.82) is 0 Å². The lowest BCUT2D eigenvalue weighted by molar-refractivity contribution is 0.106. The Morgan fingerprint density at radius 2 is 1.64 bits per heavy atom. The van der Waals surface area contributed by atoms with E-state index in [1.54, 1.807) is 0 Å². The van der Waals surface area contributed by atoms with Gasteiger partial charge in [0, 0.05) is 18.1 Å². The minimum atomic E-state index is -0.130. The zero-order chi connectivity index (χ0) is 11.6. The van der Waals surface area contributed by atoms with Gasteiger partial charge in [-0.25, -0.2) is 0 Å². The maximum Gasteiger partial charge on any atom is 0.0161 e. The summed E-state index contributed by atoms with van der Waals surface area (Å²) in [6.07, 6.45) is 1.19. The zero-order valence-corrected chi connectivity index (χ0v) is 11.0. The van der Waals surface area contributed by atoms with Gasteiger partial charge in [0.25, 0.3) is 0 Å². The van der Waals surface area contributed by atoms with E-state index in [4.69, 9.17) is 5.73 Å². The summed E-state index contributed by atoms with van der Waals surface area (Å²) in [6, 6.07) is 0.636. The summed E-state index contributed by atoms with van der Waals surface area (Å²) in [5.41, 5.74) is 6.19. The van der Waals surface area contributed by atoms with E-state index < -0.39 is 0 Å². The highest BCUT2D eigenvalue weighted by atomic mass is 15.1. The van der Waals surface area contributed by atoms with E-state index in [2.05, 4.69) is 53.5 Å². The standard InChI is InChI=1S/C12H28N2/c1-8-10(2)14(7)9-11(3,4)12(5,6)13/h10H,8-9,13H2,1-7H3. The van der Waals surface area contributed by atoms with Crippen LogP contribution in [0.4, 0.5) is 0 Å². The number of nitrogens with two attached hydrogens (primary N) is 1. The summed E-state index contributed by atoms with van der Waals surface area (Å²) in [5, 5.41) is 0. The first-order valence-electron chi connectivity index (χ1n) is 5.61. The third kappa shape index (κ3) is 3.58. The van der Waals surface area contributed by atoms with Crippen molar-refractivity contribution in [2.24, 2.45) is 11.1 Å². The molecule has 0 bridgehead atoms. The maximum atomic E-state index is 6.18. The Kier molecular flexibility index (Phi) is 4.60. The molecule has 0 heterocycles. The second kappa shape index (κ2) is 4.63. The van der Waals surface area contributed by atoms with Gasteiger partial charge in [0.15, 0.2) is 0 Å². The molecule has 0 saturated carbocycles. The smallest absolute Gasteiger partial charge is 0.0161 e. The van der Waals surface area contributed by atoms with Crippen LogP contribution in [0.2, 0.25) is 0 Å². The highest BCUT2D eigenvalue weighted by molar-refractivity contribution is 4.92. The first kappa shape index (κ1) is 13.9. The van der Waals surface area contributed by atoms with Crippen LogP contribution in [0.5, 0.6) is 0 Å². The Morgan fingerprint density at radius 1 is 1.21 bits per heavy atom. The summed E-state index contributed by atoms with van der Waals surface area (Å²) in [5.74, 6) is 0. The van der Waals surface area contributed by atoms with Crippen LogP contribution in [0.25, 0.3) is 0 Å². The molecule has 0 aromatic carbocycles. The van der Waals surface area contributed by atoms with Crippen molar-refractivity contribution in [2.75, 3.05) is 13.6 Å². The molecule has 0 aromatic heterocycles. The van der Waals surface area contributed by atoms with Crippen molar-refractivity contribution in [2.45, 2.75) is 59.5 Å². The van der Waals surface area contributed by atoms with Crippen LogP contribution in [0.15, 0.2) is 0 Å². The van der Waals surface area contributed by atoms with Crippen molar-refractivity contribution in [1.82, 2.24) is 4.90 Å². The Labute approximate surface area is 89.9 Å². The highest BCUT2D eigenvalue weighted by Crippen LogP contribution is 2.29. The second-order valence-corrected chi connectivity index (χ2v) is 5.78. The van der Waals surface area contributed by atoms with Crippen molar-refractivity contribution >= 4 is 0 Å². The lowest BCUT2D eigenvalue weighted by Crippen LogP contribution is -2.53. The van der Waals surface area contributed by atoms with E-state index >= 15 is 0 Å². The monoisotopic (exact) mass is 200 g/mol. The minimum absolute atomic E-state index is 0.130. The number of hydrogen-bond acceptors (Lipinski definition) is 2. The minimum Gasteiger partial charge on any atom is -0.325 e. The predicted molar refractivity (Wildman–Crippen MR) is 64.4 cm³/mol. The largest absolute Gasteiger partial charge is 0.325 e. The molecule has 1 unspecified atom stereocenters. The van der Waals surface area contributed by atoms with E-state index in [0.717, 1.165) is 6.54 Å². The molecule has 0 aromatic rings. The second-order valence-electron chi connectivity index (χ2n) is 5.78. The number of nitrogens with zero attached hydrogens (tertiary/aromatic N) is 1. The highest BCUT2D eigenvalue weighted by Gasteiger charge is 2.34. The molecule has 2 N–H and O–H groups in total. The summed E-state index contributed by atoms with van der Waals surface area (Å²) in [4.78, 5) is 2.40. The molecule has 86 valence electrons. The average molecular weight is 200 g/mol. The van der Waals surface area contributed by atoms with E-state index in [0.29, 0.717) is 6.04 Å². The van der Waals surface area contributed by atoms with Crippen LogP contribution in [0.3, 0.4) is 0 Å². The third-order valence-electron chi connectivity index (χ3n) is 3.73. The van der Waals surface area contributed by atoms with E-state index in [9.17, 15) is 0 Å². The van der Waals surface area contributed by atoms with Crippen LogP contribution in [-0.2, 0) is 0 Å². The quantitative estimate of drug-likeness (QED) is 0.739. The lowest BCUT2D eigenvalue weighted by atomic mass is 9.75. The molecular weight excluding hydrogens is 172 g/mol. The summed E-state index contributed by atoms with van der Waals surface area (Å²) in [6.45, 7) is 14.2. The van der Waals surface area contributed by atoms with Gasteiger partial charge in [-0.15, -0.1) is 0 Å². The molecule has 0 aliphatic heterocycles. The molecule has 0 rings (SSSR count). The van der Waals surface area contributed by atoms with Gasteiger partial charge in [-0.1, -0.05) is 20.8 Å². The molecule has 0 aliphatic rings. The lowest BCUT2D eigenvalue weighted by Gasteiger charge is -2.42. The molecule has 14 heavy (non-hydrogen) atoms. The summed E-state index contributed by atoms with van der Waals surface area (Å²) < 4.78 is 0. The Morgan fingerprint density at radius 3 is 1.93 bits per heavy atom. The van der Waals surface area contributed by atoms with Gasteiger partial charge >= 0.3 is 0 Å². The zero-order valence-electron chi connectivity index (χ0n) is 11.0. The van der Waals surface area contributed by atoms with E-state index in [-0.39, 0.29) is 11.0 Å². The van der Waals surface area contributed by atoms with Gasteiger partial charge in [-0.2, -0.15) is 0 Å². The summed E-state index contributed by atoms with van der Waals surface area (Å²) >= 11 is 0. The molecule has 0 aliphatic carbocycles. The van der Waals surface area contributed by atoms with Gasteiger partial charge in [-0.3, -0.25) is 0 Å². The van der Waals surface area contributed by atoms with Gasteiger partial charge in [0.2, 0.25) is 0 Å². The fraction of sp³-hybridized carbons (Fsp3) is 1.00. The molecule has 0 saturated heterocycles. The molecule has 0 radical (unpaired) electrons. The fourth-order valence-corrected chi connectivity index (χ4v) is 1.29. The molecular formula is C12H28N2. The van der Waals surface area contributed by atoms with Crippen molar-refractivity contribution in [3.63, 3.8) is 0 Å². The van der Waals surface area contributed by atoms with Crippen LogP contribution in [-0.4, -0.2) is 30.1 Å². The van der Waals surface area contributed by atoms with Crippen LogP contribution < -0.4 is 5.73 Å². The van der Waals surface area contributed by atoms with Gasteiger partial charge in [0.05, 0.1) is 0 Å². The average Bonchev–Trinajstić information content (AvgIpc) is 2.00. The van der Waals surface area contributed by atoms with Crippen molar-refractivity contribution in [3.05, 3.63) is 0 Å². The van der Waals surface area contributed by atoms with Crippen LogP contribution in [0, 0.1) is 5.41 Å². The third-order valence-corrected chi connectivity index (χ3v) is 3.73. The van der Waals surface area contributed by atoms with Crippen LogP contribution in [0.1, 0.15) is 48.0 Å². The van der Waals surface area contributed by atoms with Crippen LogP contribution >= 0.6 is 0 Å². The SMILES string of the molecule is CCC(C)N(C)CC(C)(C)C(C)(C)N. The Balaban J connectivity index is 4.36. The molecule has 0 fully saturated rings. The first-order chi connectivity index (χ1) is 6.12. The van der Waals surface area contributed by atoms with E-state index in [1.165, 1.54) is 6.42 Å². The first-order valence-corrected chi connectivity index (χ1v) is 5.61. The fourth-order valence-electron chi connectivity index (χ4n) is 1.29. The molecule has 2 heteroatoms. The Bertz CT molecular complexity index is 168. The Hall–Kier alpha value is -0.0800. The molecule has 2 nitrogen and oxygen atoms in total. The van der Waals surface area contributed by atoms with Gasteiger partial charge in [0.1, 0.15) is 0 Å². The number of hydrogen-bond donors (Lipinski definition) is 1. The normalized spacial score (nSPS) is 16.1. The predicted octanol–water partition coefficient (Wildman–Crippen LogP) is 2.48. The van der Waals surface area contributed by atoms with Crippen molar-refractivity contribution < 1.29 is 0 Å². The van der Waals surface area contributed by atoms with Gasteiger partial charge < -0.3 is 10.6 Å². The molecule has 0 spiro atoms. The molecule has 1 atom stereocenters. The number of rotatable bonds is 5. The van der Waals surface area contributed by atoms with Gasteiger partial charge in [-0.05, 0) is 39.7 Å². The summed E-state index contributed by atoms with van der Waals surface area (Å²) in [7, 11) is 2.18. The molecule has 0 amide bonds.